The Balaban J connectivity index is 1.91. The average molecular weight is 238 g/mol. The monoisotopic (exact) mass is 238 g/mol. The second-order valence-corrected chi connectivity index (χ2v) is 5.83. The lowest BCUT2D eigenvalue weighted by Crippen LogP contribution is -2.31. The number of H-pyrrole nitrogens is 1. The number of thioether (sulfide) groups is 1. The zero-order chi connectivity index (χ0) is 11.3. The normalized spacial score (nSPS) is 24.3. The number of hydrogen-bond donors (Lipinski definition) is 2. The quantitative estimate of drug-likeness (QED) is 0.827. The van der Waals surface area contributed by atoms with Gasteiger partial charge in [0.2, 0.25) is 0 Å². The molecule has 1 aliphatic heterocycles. The number of aromatic nitrogens is 1. The van der Waals surface area contributed by atoms with E-state index in [1.807, 2.05) is 18.8 Å². The number of nitrogens with one attached hydrogen (secondary N) is 1. The molecule has 16 heavy (non-hydrogen) atoms. The fourth-order valence-corrected chi connectivity index (χ4v) is 3.75. The van der Waals surface area contributed by atoms with Gasteiger partial charge in [-0.25, -0.2) is 4.79 Å². The molecule has 1 aromatic heterocycles. The lowest BCUT2D eigenvalue weighted by Gasteiger charge is -2.30. The first kappa shape index (κ1) is 10.1. The summed E-state index contributed by atoms with van der Waals surface area (Å²) in [6.07, 6.45) is 2.65. The van der Waals surface area contributed by atoms with Gasteiger partial charge in [-0.3, -0.25) is 0 Å². The van der Waals surface area contributed by atoms with Crippen molar-refractivity contribution in [3.05, 3.63) is 11.8 Å². The van der Waals surface area contributed by atoms with Crippen molar-refractivity contribution >= 4 is 23.4 Å². The SMILES string of the molecule is CN1CC(C2CC2)Sc2[nH]c(C(=O)O)cc21. The molecule has 0 radical (unpaired) electrons. The van der Waals surface area contributed by atoms with Gasteiger partial charge < -0.3 is 15.0 Å². The summed E-state index contributed by atoms with van der Waals surface area (Å²) >= 11 is 1.81. The minimum atomic E-state index is -0.883. The Morgan fingerprint density at radius 2 is 2.38 bits per heavy atom. The highest BCUT2D eigenvalue weighted by Crippen LogP contribution is 2.47. The molecule has 1 atom stereocenters. The molecule has 1 fully saturated rings. The molecule has 86 valence electrons. The molecule has 1 aliphatic carbocycles. The van der Waals surface area contributed by atoms with Crippen LogP contribution in [0.5, 0.6) is 0 Å². The van der Waals surface area contributed by atoms with E-state index < -0.39 is 5.97 Å². The lowest BCUT2D eigenvalue weighted by atomic mass is 10.2. The van der Waals surface area contributed by atoms with Crippen LogP contribution < -0.4 is 4.90 Å². The number of hydrogen-bond acceptors (Lipinski definition) is 3. The molecule has 2 N–H and O–H groups in total. The molecule has 1 aromatic rings. The zero-order valence-electron chi connectivity index (χ0n) is 9.06. The van der Waals surface area contributed by atoms with Gasteiger partial charge in [-0.1, -0.05) is 0 Å². The molecule has 0 saturated heterocycles. The number of carboxylic acids is 1. The maximum absolute atomic E-state index is 10.9. The van der Waals surface area contributed by atoms with Gasteiger partial charge in [0.25, 0.3) is 0 Å². The maximum atomic E-state index is 10.9. The van der Waals surface area contributed by atoms with E-state index in [0.717, 1.165) is 23.2 Å². The smallest absolute Gasteiger partial charge is 0.352 e. The van der Waals surface area contributed by atoms with Crippen molar-refractivity contribution in [1.82, 2.24) is 4.98 Å². The number of aromatic amines is 1. The van der Waals surface area contributed by atoms with E-state index in [-0.39, 0.29) is 0 Å². The van der Waals surface area contributed by atoms with Crippen molar-refractivity contribution in [3.63, 3.8) is 0 Å². The van der Waals surface area contributed by atoms with Crippen molar-refractivity contribution in [1.29, 1.82) is 0 Å². The Morgan fingerprint density at radius 3 is 3.00 bits per heavy atom. The number of rotatable bonds is 2. The summed E-state index contributed by atoms with van der Waals surface area (Å²) in [5.41, 5.74) is 1.32. The third kappa shape index (κ3) is 1.59. The molecule has 2 heterocycles. The van der Waals surface area contributed by atoms with Crippen LogP contribution in [0.15, 0.2) is 11.1 Å². The molecule has 3 rings (SSSR count). The summed E-state index contributed by atoms with van der Waals surface area (Å²) in [5, 5.41) is 10.6. The van der Waals surface area contributed by atoms with Crippen LogP contribution in [0.3, 0.4) is 0 Å². The molecule has 1 saturated carbocycles. The zero-order valence-corrected chi connectivity index (χ0v) is 9.88. The van der Waals surface area contributed by atoms with Gasteiger partial charge >= 0.3 is 5.97 Å². The van der Waals surface area contributed by atoms with Gasteiger partial charge in [-0.15, -0.1) is 11.8 Å². The maximum Gasteiger partial charge on any atom is 0.352 e. The van der Waals surface area contributed by atoms with Gasteiger partial charge in [-0.05, 0) is 24.8 Å². The summed E-state index contributed by atoms with van der Waals surface area (Å²) in [4.78, 5) is 16.1. The summed E-state index contributed by atoms with van der Waals surface area (Å²) in [6.45, 7) is 1.03. The fourth-order valence-electron chi connectivity index (χ4n) is 2.18. The van der Waals surface area contributed by atoms with Gasteiger partial charge in [0.05, 0.1) is 10.7 Å². The van der Waals surface area contributed by atoms with Gasteiger partial charge in [-0.2, -0.15) is 0 Å². The molecule has 0 aromatic carbocycles. The van der Waals surface area contributed by atoms with Crippen LogP contribution in [-0.4, -0.2) is 34.9 Å². The molecule has 0 bridgehead atoms. The van der Waals surface area contributed by atoms with E-state index in [1.165, 1.54) is 12.8 Å². The largest absolute Gasteiger partial charge is 0.477 e. The van der Waals surface area contributed by atoms with Gasteiger partial charge in [0.15, 0.2) is 0 Å². The van der Waals surface area contributed by atoms with Gasteiger partial charge in [0, 0.05) is 18.8 Å². The number of carboxylic acid groups (broad SMARTS) is 1. The van der Waals surface area contributed by atoms with Crippen LogP contribution in [-0.2, 0) is 0 Å². The first-order chi connectivity index (χ1) is 7.65. The number of aromatic carboxylic acids is 1. The highest BCUT2D eigenvalue weighted by molar-refractivity contribution is 8.00. The molecule has 1 unspecified atom stereocenters. The van der Waals surface area contributed by atoms with E-state index in [4.69, 9.17) is 5.11 Å². The average Bonchev–Trinajstić information content (AvgIpc) is 2.97. The van der Waals surface area contributed by atoms with Crippen LogP contribution in [0, 0.1) is 5.92 Å². The number of carbonyl (C=O) groups is 1. The molecule has 2 aliphatic rings. The first-order valence-corrected chi connectivity index (χ1v) is 6.37. The van der Waals surface area contributed by atoms with Crippen LogP contribution in [0.1, 0.15) is 23.3 Å². The number of fused-ring (bicyclic) bond motifs is 1. The Hall–Kier alpha value is -1.10. The van der Waals surface area contributed by atoms with E-state index in [2.05, 4.69) is 9.88 Å². The molecule has 4 nitrogen and oxygen atoms in total. The Morgan fingerprint density at radius 1 is 1.62 bits per heavy atom. The van der Waals surface area contributed by atoms with Crippen molar-refractivity contribution in [3.8, 4) is 0 Å². The predicted molar refractivity (Wildman–Crippen MR) is 63.4 cm³/mol. The van der Waals surface area contributed by atoms with Crippen molar-refractivity contribution in [2.45, 2.75) is 23.1 Å². The molecule has 0 amide bonds. The first-order valence-electron chi connectivity index (χ1n) is 5.49. The fraction of sp³-hybridized carbons (Fsp3) is 0.545. The molecule has 5 heteroatoms. The molecular weight excluding hydrogens is 224 g/mol. The van der Waals surface area contributed by atoms with Crippen LogP contribution in [0.4, 0.5) is 5.69 Å². The Labute approximate surface area is 98.0 Å². The van der Waals surface area contributed by atoms with Crippen molar-refractivity contribution < 1.29 is 9.90 Å². The van der Waals surface area contributed by atoms with Crippen molar-refractivity contribution in [2.24, 2.45) is 5.92 Å². The summed E-state index contributed by atoms with van der Waals surface area (Å²) < 4.78 is 0. The van der Waals surface area contributed by atoms with Crippen LogP contribution in [0.25, 0.3) is 0 Å². The summed E-state index contributed by atoms with van der Waals surface area (Å²) in [7, 11) is 2.04. The minimum Gasteiger partial charge on any atom is -0.477 e. The predicted octanol–water partition coefficient (Wildman–Crippen LogP) is 2.03. The minimum absolute atomic E-state index is 0.292. The summed E-state index contributed by atoms with van der Waals surface area (Å²) in [5.74, 6) is -0.0523. The van der Waals surface area contributed by atoms with E-state index >= 15 is 0 Å². The van der Waals surface area contributed by atoms with E-state index in [0.29, 0.717) is 10.9 Å². The van der Waals surface area contributed by atoms with Gasteiger partial charge in [0.1, 0.15) is 5.69 Å². The standard InChI is InChI=1S/C11H14N2O2S/c1-13-5-9(6-2-3-6)16-10-8(13)4-7(12-10)11(14)15/h4,6,9,12H,2-3,5H2,1H3,(H,14,15). The summed E-state index contributed by atoms with van der Waals surface area (Å²) in [6, 6.07) is 1.73. The topological polar surface area (TPSA) is 56.3 Å². The second-order valence-electron chi connectivity index (χ2n) is 4.58. The third-order valence-corrected chi connectivity index (χ3v) is 4.66. The highest BCUT2D eigenvalue weighted by Gasteiger charge is 2.36. The highest BCUT2D eigenvalue weighted by atomic mass is 32.2. The van der Waals surface area contributed by atoms with Crippen LogP contribution >= 0.6 is 11.8 Å². The van der Waals surface area contributed by atoms with Crippen molar-refractivity contribution in [2.75, 3.05) is 18.5 Å². The lowest BCUT2D eigenvalue weighted by molar-refractivity contribution is 0.0691. The molecular formula is C11H14N2O2S. The number of anilines is 1. The van der Waals surface area contributed by atoms with E-state index in [9.17, 15) is 4.79 Å². The Kier molecular flexibility index (Phi) is 2.17. The number of nitrogens with zero attached hydrogens (tertiary/aromatic N) is 1. The van der Waals surface area contributed by atoms with E-state index in [1.54, 1.807) is 6.07 Å². The molecule has 0 spiro atoms. The Bertz CT molecular complexity index is 439. The van der Waals surface area contributed by atoms with Crippen LogP contribution in [0.2, 0.25) is 0 Å². The third-order valence-electron chi connectivity index (χ3n) is 3.27. The second kappa shape index (κ2) is 3.45.